The van der Waals surface area contributed by atoms with Crippen LogP contribution in [-0.2, 0) is 0 Å². The molecule has 1 nitrogen and oxygen atoms in total. The zero-order valence-electron chi connectivity index (χ0n) is 14.2. The van der Waals surface area contributed by atoms with Crippen molar-refractivity contribution in [1.82, 2.24) is 0 Å². The summed E-state index contributed by atoms with van der Waals surface area (Å²) in [5.74, 6) is 0. The highest BCUT2D eigenvalue weighted by molar-refractivity contribution is 7.96. The summed E-state index contributed by atoms with van der Waals surface area (Å²) in [6, 6.07) is 32.1. The van der Waals surface area contributed by atoms with Crippen LogP contribution in [-0.4, -0.2) is 16.9 Å². The maximum absolute atomic E-state index is 10.6. The van der Waals surface area contributed by atoms with Crippen molar-refractivity contribution in [3.8, 4) is 0 Å². The van der Waals surface area contributed by atoms with Gasteiger partial charge in [-0.15, -0.1) is 0 Å². The number of aliphatic hydroxyl groups excluding tert-OH is 1. The van der Waals surface area contributed by atoms with Crippen LogP contribution in [0.3, 0.4) is 0 Å². The van der Waals surface area contributed by atoms with E-state index in [1.807, 2.05) is 6.92 Å². The van der Waals surface area contributed by atoms with Crippen molar-refractivity contribution < 1.29 is 5.11 Å². The molecule has 1 N–H and O–H groups in total. The van der Waals surface area contributed by atoms with E-state index in [1.54, 1.807) is 0 Å². The second-order valence-electron chi connectivity index (χ2n) is 6.21. The van der Waals surface area contributed by atoms with Crippen LogP contribution in [0, 0.1) is 0 Å². The molecule has 3 aromatic rings. The molecule has 0 aliphatic heterocycles. The first-order valence-electron chi connectivity index (χ1n) is 8.41. The molecule has 0 amide bonds. The third-order valence-corrected chi connectivity index (χ3v) is 9.79. The molecule has 0 spiro atoms. The van der Waals surface area contributed by atoms with Crippen LogP contribution in [0.4, 0.5) is 0 Å². The molecule has 2 atom stereocenters. The SMILES string of the molecule is CC(O)C(C)[P+](c1ccccc1)(c1ccccc1)c1ccccc1. The van der Waals surface area contributed by atoms with E-state index in [0.29, 0.717) is 0 Å². The van der Waals surface area contributed by atoms with Crippen molar-refractivity contribution in [2.75, 3.05) is 0 Å². The fourth-order valence-electron chi connectivity index (χ4n) is 3.47. The molecule has 0 saturated carbocycles. The van der Waals surface area contributed by atoms with Crippen LogP contribution in [0.15, 0.2) is 91.0 Å². The molecule has 122 valence electrons. The number of aliphatic hydroxyl groups is 1. The van der Waals surface area contributed by atoms with E-state index in [4.69, 9.17) is 0 Å². The van der Waals surface area contributed by atoms with Crippen LogP contribution in [0.25, 0.3) is 0 Å². The number of benzene rings is 3. The molecule has 0 radical (unpaired) electrons. The fraction of sp³-hybridized carbons (Fsp3) is 0.182. The van der Waals surface area contributed by atoms with Gasteiger partial charge in [0.15, 0.2) is 0 Å². The van der Waals surface area contributed by atoms with Gasteiger partial charge in [-0.25, -0.2) is 0 Å². The Morgan fingerprint density at radius 3 is 1.12 bits per heavy atom. The minimum Gasteiger partial charge on any atom is -0.389 e. The van der Waals surface area contributed by atoms with Gasteiger partial charge < -0.3 is 5.11 Å². The number of hydrogen-bond acceptors (Lipinski definition) is 1. The van der Waals surface area contributed by atoms with Crippen molar-refractivity contribution in [3.05, 3.63) is 91.0 Å². The predicted octanol–water partition coefficient (Wildman–Crippen LogP) is 3.75. The van der Waals surface area contributed by atoms with Crippen molar-refractivity contribution in [2.24, 2.45) is 0 Å². The Morgan fingerprint density at radius 2 is 0.875 bits per heavy atom. The zero-order valence-corrected chi connectivity index (χ0v) is 15.1. The van der Waals surface area contributed by atoms with Crippen molar-refractivity contribution in [3.63, 3.8) is 0 Å². The molecule has 3 aromatic carbocycles. The van der Waals surface area contributed by atoms with Gasteiger partial charge in [0.1, 0.15) is 28.8 Å². The van der Waals surface area contributed by atoms with Crippen LogP contribution in [0.5, 0.6) is 0 Å². The maximum atomic E-state index is 10.6. The quantitative estimate of drug-likeness (QED) is 0.704. The molecule has 0 aromatic heterocycles. The summed E-state index contributed by atoms with van der Waals surface area (Å²) in [6.45, 7) is 4.10. The Bertz CT molecular complexity index is 657. The topological polar surface area (TPSA) is 20.2 Å². The van der Waals surface area contributed by atoms with E-state index in [0.717, 1.165) is 0 Å². The Hall–Kier alpha value is -1.95. The number of rotatable bonds is 5. The lowest BCUT2D eigenvalue weighted by Crippen LogP contribution is -2.41. The summed E-state index contributed by atoms with van der Waals surface area (Å²) in [5, 5.41) is 14.5. The second-order valence-corrected chi connectivity index (χ2v) is 10.0. The second kappa shape index (κ2) is 7.30. The van der Waals surface area contributed by atoms with Gasteiger partial charge in [-0.05, 0) is 50.2 Å². The van der Waals surface area contributed by atoms with Crippen LogP contribution in [0.1, 0.15) is 13.8 Å². The molecule has 3 rings (SSSR count). The van der Waals surface area contributed by atoms with Gasteiger partial charge in [0, 0.05) is 0 Å². The standard InChI is InChI=1S/C22H24OP/c1-18(23)19(2)24(20-12-6-3-7-13-20,21-14-8-4-9-15-21)22-16-10-5-11-17-22/h3-19,23H,1-2H3/q+1. The number of hydrogen-bond donors (Lipinski definition) is 1. The van der Waals surface area contributed by atoms with Crippen molar-refractivity contribution in [2.45, 2.75) is 25.6 Å². The Kier molecular flexibility index (Phi) is 5.14. The first-order chi connectivity index (χ1) is 11.7. The molecular weight excluding hydrogens is 311 g/mol. The van der Waals surface area contributed by atoms with Gasteiger partial charge in [0.2, 0.25) is 0 Å². The van der Waals surface area contributed by atoms with E-state index < -0.39 is 7.26 Å². The third-order valence-electron chi connectivity index (χ3n) is 4.80. The Labute approximate surface area is 145 Å². The third kappa shape index (κ3) is 2.90. The first kappa shape index (κ1) is 16.9. The Morgan fingerprint density at radius 1 is 0.583 bits per heavy atom. The molecule has 0 heterocycles. The van der Waals surface area contributed by atoms with Gasteiger partial charge in [-0.3, -0.25) is 0 Å². The first-order valence-corrected chi connectivity index (χ1v) is 10.3. The minimum atomic E-state index is -1.95. The van der Waals surface area contributed by atoms with Gasteiger partial charge in [0.05, 0.1) is 6.10 Å². The summed E-state index contributed by atoms with van der Waals surface area (Å²) < 4.78 is 0. The molecule has 24 heavy (non-hydrogen) atoms. The fourth-order valence-corrected chi connectivity index (χ4v) is 8.35. The summed E-state index contributed by atoms with van der Waals surface area (Å²) in [7, 11) is -1.95. The van der Waals surface area contributed by atoms with Crippen molar-refractivity contribution in [1.29, 1.82) is 0 Å². The molecular formula is C22H24OP+. The van der Waals surface area contributed by atoms with E-state index in [9.17, 15) is 5.11 Å². The lowest BCUT2D eigenvalue weighted by atomic mass is 10.3. The van der Waals surface area contributed by atoms with Gasteiger partial charge in [0.25, 0.3) is 0 Å². The average molecular weight is 335 g/mol. The zero-order chi connectivity index (χ0) is 17.0. The normalized spacial score (nSPS) is 14.1. The van der Waals surface area contributed by atoms with Gasteiger partial charge in [-0.1, -0.05) is 54.6 Å². The summed E-state index contributed by atoms with van der Waals surface area (Å²) in [5.41, 5.74) is 0.129. The summed E-state index contributed by atoms with van der Waals surface area (Å²) in [6.07, 6.45) is -0.390. The highest BCUT2D eigenvalue weighted by Crippen LogP contribution is 2.60. The molecule has 0 fully saturated rings. The van der Waals surface area contributed by atoms with Crippen LogP contribution in [0.2, 0.25) is 0 Å². The summed E-state index contributed by atoms with van der Waals surface area (Å²) in [4.78, 5) is 0. The molecule has 0 bridgehead atoms. The molecule has 2 unspecified atom stereocenters. The Balaban J connectivity index is 2.37. The summed E-state index contributed by atoms with van der Waals surface area (Å²) >= 11 is 0. The smallest absolute Gasteiger partial charge is 0.117 e. The van der Waals surface area contributed by atoms with E-state index in [1.165, 1.54) is 15.9 Å². The van der Waals surface area contributed by atoms with E-state index in [2.05, 4.69) is 97.9 Å². The highest BCUT2D eigenvalue weighted by Gasteiger charge is 2.51. The van der Waals surface area contributed by atoms with Crippen LogP contribution < -0.4 is 15.9 Å². The van der Waals surface area contributed by atoms with Crippen LogP contribution >= 0.6 is 7.26 Å². The van der Waals surface area contributed by atoms with E-state index in [-0.39, 0.29) is 11.8 Å². The largest absolute Gasteiger partial charge is 0.389 e. The minimum absolute atomic E-state index is 0.129. The monoisotopic (exact) mass is 335 g/mol. The lowest BCUT2D eigenvalue weighted by Gasteiger charge is -2.34. The maximum Gasteiger partial charge on any atom is 0.117 e. The average Bonchev–Trinajstić information content (AvgIpc) is 2.65. The van der Waals surface area contributed by atoms with Gasteiger partial charge in [-0.2, -0.15) is 0 Å². The molecule has 0 aliphatic carbocycles. The predicted molar refractivity (Wildman–Crippen MR) is 106 cm³/mol. The van der Waals surface area contributed by atoms with Crippen molar-refractivity contribution >= 4 is 23.2 Å². The molecule has 2 heteroatoms. The lowest BCUT2D eigenvalue weighted by molar-refractivity contribution is 0.194. The van der Waals surface area contributed by atoms with E-state index >= 15 is 0 Å². The van der Waals surface area contributed by atoms with Gasteiger partial charge >= 0.3 is 0 Å². The highest BCUT2D eigenvalue weighted by atomic mass is 31.2. The molecule has 0 saturated heterocycles. The molecule has 0 aliphatic rings.